The lowest BCUT2D eigenvalue weighted by molar-refractivity contribution is 0.102. The molecule has 5 nitrogen and oxygen atoms in total. The molecular formula is C18H16FN3O2S2. The number of para-hydroxylation sites is 1. The number of nitrogens with zero attached hydrogens (tertiary/aromatic N) is 2. The Balaban J connectivity index is 1.62. The molecule has 0 aliphatic rings. The van der Waals surface area contributed by atoms with Gasteiger partial charge in [-0.15, -0.1) is 10.2 Å². The van der Waals surface area contributed by atoms with E-state index in [1.54, 1.807) is 24.3 Å². The van der Waals surface area contributed by atoms with Gasteiger partial charge in [-0.3, -0.25) is 10.1 Å². The van der Waals surface area contributed by atoms with Crippen LogP contribution >= 0.6 is 23.1 Å². The second kappa shape index (κ2) is 8.77. The van der Waals surface area contributed by atoms with Gasteiger partial charge in [-0.1, -0.05) is 47.4 Å². The van der Waals surface area contributed by atoms with Gasteiger partial charge in [-0.05, 0) is 36.8 Å². The fraction of sp³-hybridized carbons (Fsp3) is 0.167. The van der Waals surface area contributed by atoms with Crippen LogP contribution in [-0.2, 0) is 5.75 Å². The smallest absolute Gasteiger partial charge is 0.261 e. The second-order valence-electron chi connectivity index (χ2n) is 5.18. The van der Waals surface area contributed by atoms with E-state index in [9.17, 15) is 9.18 Å². The van der Waals surface area contributed by atoms with Crippen molar-refractivity contribution in [2.75, 3.05) is 11.9 Å². The van der Waals surface area contributed by atoms with Crippen molar-refractivity contribution in [2.24, 2.45) is 0 Å². The summed E-state index contributed by atoms with van der Waals surface area (Å²) in [6.07, 6.45) is 0. The Morgan fingerprint density at radius 1 is 1.23 bits per heavy atom. The maximum absolute atomic E-state index is 13.2. The maximum Gasteiger partial charge on any atom is 0.261 e. The van der Waals surface area contributed by atoms with Crippen molar-refractivity contribution in [3.05, 3.63) is 65.5 Å². The number of rotatable bonds is 7. The van der Waals surface area contributed by atoms with Gasteiger partial charge < -0.3 is 4.74 Å². The van der Waals surface area contributed by atoms with Crippen molar-refractivity contribution in [3.63, 3.8) is 0 Å². The predicted molar refractivity (Wildman–Crippen MR) is 101 cm³/mol. The van der Waals surface area contributed by atoms with E-state index in [1.807, 2.05) is 19.1 Å². The Bertz CT molecular complexity index is 901. The monoisotopic (exact) mass is 389 g/mol. The molecule has 134 valence electrons. The van der Waals surface area contributed by atoms with Crippen molar-refractivity contribution >= 4 is 34.1 Å². The molecule has 0 spiro atoms. The third-order valence-electron chi connectivity index (χ3n) is 3.31. The number of carbonyl (C=O) groups is 1. The van der Waals surface area contributed by atoms with Gasteiger partial charge in [0.15, 0.2) is 4.34 Å². The van der Waals surface area contributed by atoms with Crippen LogP contribution in [0.4, 0.5) is 9.52 Å². The Hall–Kier alpha value is -2.45. The molecule has 0 atom stereocenters. The van der Waals surface area contributed by atoms with Crippen LogP contribution in [0, 0.1) is 5.82 Å². The predicted octanol–water partition coefficient (Wildman–Crippen LogP) is 4.62. The van der Waals surface area contributed by atoms with Crippen molar-refractivity contribution in [1.29, 1.82) is 0 Å². The summed E-state index contributed by atoms with van der Waals surface area (Å²) in [5, 5.41) is 11.2. The van der Waals surface area contributed by atoms with Gasteiger partial charge in [0.1, 0.15) is 11.6 Å². The molecule has 1 amide bonds. The van der Waals surface area contributed by atoms with Crippen LogP contribution in [0.25, 0.3) is 0 Å². The van der Waals surface area contributed by atoms with E-state index in [0.717, 1.165) is 5.56 Å². The molecule has 1 aromatic heterocycles. The topological polar surface area (TPSA) is 64.1 Å². The van der Waals surface area contributed by atoms with Crippen LogP contribution in [0.1, 0.15) is 22.8 Å². The summed E-state index contributed by atoms with van der Waals surface area (Å²) in [4.78, 5) is 12.4. The van der Waals surface area contributed by atoms with Crippen molar-refractivity contribution in [2.45, 2.75) is 17.0 Å². The normalized spacial score (nSPS) is 10.5. The summed E-state index contributed by atoms with van der Waals surface area (Å²) in [6.45, 7) is 2.34. The standard InChI is InChI=1S/C18H16FN3O2S2/c1-2-24-15-9-4-3-8-14(15)16(23)20-17-21-22-18(26-17)25-11-12-6-5-7-13(19)10-12/h3-10H,2,11H2,1H3,(H,20,21,23). The number of hydrogen-bond acceptors (Lipinski definition) is 6. The number of ether oxygens (including phenoxy) is 1. The quantitative estimate of drug-likeness (QED) is 0.472. The first-order valence-electron chi connectivity index (χ1n) is 7.89. The van der Waals surface area contributed by atoms with Gasteiger partial charge in [-0.2, -0.15) is 0 Å². The molecule has 1 N–H and O–H groups in total. The molecule has 3 aromatic rings. The summed E-state index contributed by atoms with van der Waals surface area (Å²) in [6, 6.07) is 13.5. The third-order valence-corrected chi connectivity index (χ3v) is 5.35. The molecule has 26 heavy (non-hydrogen) atoms. The number of hydrogen-bond donors (Lipinski definition) is 1. The summed E-state index contributed by atoms with van der Waals surface area (Å²) in [5.74, 6) is 0.541. The molecule has 2 aromatic carbocycles. The number of nitrogens with one attached hydrogen (secondary N) is 1. The van der Waals surface area contributed by atoms with Crippen molar-refractivity contribution in [3.8, 4) is 5.75 Å². The largest absolute Gasteiger partial charge is 0.493 e. The number of halogens is 1. The fourth-order valence-electron chi connectivity index (χ4n) is 2.19. The zero-order chi connectivity index (χ0) is 18.4. The molecule has 1 heterocycles. The minimum atomic E-state index is -0.299. The van der Waals surface area contributed by atoms with Crippen LogP contribution in [0.3, 0.4) is 0 Å². The molecular weight excluding hydrogens is 373 g/mol. The molecule has 0 fully saturated rings. The van der Waals surface area contributed by atoms with Crippen molar-refractivity contribution in [1.82, 2.24) is 10.2 Å². The van der Waals surface area contributed by atoms with Crippen LogP contribution in [0.2, 0.25) is 0 Å². The maximum atomic E-state index is 13.2. The van der Waals surface area contributed by atoms with E-state index in [2.05, 4.69) is 15.5 Å². The second-order valence-corrected chi connectivity index (χ2v) is 7.38. The molecule has 0 unspecified atom stereocenters. The zero-order valence-electron chi connectivity index (χ0n) is 13.9. The van der Waals surface area contributed by atoms with Gasteiger partial charge in [-0.25, -0.2) is 4.39 Å². The van der Waals surface area contributed by atoms with Gasteiger partial charge in [0.2, 0.25) is 5.13 Å². The van der Waals surface area contributed by atoms with Crippen LogP contribution in [0.15, 0.2) is 52.9 Å². The average molecular weight is 389 g/mol. The molecule has 0 bridgehead atoms. The fourth-order valence-corrected chi connectivity index (χ4v) is 3.88. The van der Waals surface area contributed by atoms with E-state index in [4.69, 9.17) is 4.74 Å². The number of thioether (sulfide) groups is 1. The molecule has 0 saturated heterocycles. The molecule has 0 aliphatic carbocycles. The highest BCUT2D eigenvalue weighted by molar-refractivity contribution is 8.00. The van der Waals surface area contributed by atoms with E-state index >= 15 is 0 Å². The average Bonchev–Trinajstić information content (AvgIpc) is 3.08. The molecule has 0 radical (unpaired) electrons. The lowest BCUT2D eigenvalue weighted by Gasteiger charge is -2.08. The minimum absolute atomic E-state index is 0.263. The number of amides is 1. The first-order chi connectivity index (χ1) is 12.7. The van der Waals surface area contributed by atoms with Crippen LogP contribution in [0.5, 0.6) is 5.75 Å². The highest BCUT2D eigenvalue weighted by atomic mass is 32.2. The third kappa shape index (κ3) is 4.80. The highest BCUT2D eigenvalue weighted by Crippen LogP contribution is 2.29. The van der Waals surface area contributed by atoms with Gasteiger partial charge >= 0.3 is 0 Å². The summed E-state index contributed by atoms with van der Waals surface area (Å²) < 4.78 is 19.4. The summed E-state index contributed by atoms with van der Waals surface area (Å²) in [7, 11) is 0. The number of aromatic nitrogens is 2. The highest BCUT2D eigenvalue weighted by Gasteiger charge is 2.14. The summed E-state index contributed by atoms with van der Waals surface area (Å²) in [5.41, 5.74) is 1.31. The Morgan fingerprint density at radius 2 is 2.08 bits per heavy atom. The number of anilines is 1. The minimum Gasteiger partial charge on any atom is -0.493 e. The Labute approximate surface area is 158 Å². The van der Waals surface area contributed by atoms with Gasteiger partial charge in [0.05, 0.1) is 12.2 Å². The molecule has 3 rings (SSSR count). The van der Waals surface area contributed by atoms with Crippen molar-refractivity contribution < 1.29 is 13.9 Å². The lowest BCUT2D eigenvalue weighted by Crippen LogP contribution is -2.13. The van der Waals surface area contributed by atoms with E-state index in [0.29, 0.717) is 33.1 Å². The molecule has 8 heteroatoms. The molecule has 0 saturated carbocycles. The van der Waals surface area contributed by atoms with E-state index in [1.165, 1.54) is 35.2 Å². The van der Waals surface area contributed by atoms with Crippen LogP contribution < -0.4 is 10.1 Å². The van der Waals surface area contributed by atoms with Crippen LogP contribution in [-0.4, -0.2) is 22.7 Å². The molecule has 0 aliphatic heterocycles. The first kappa shape index (κ1) is 18.3. The van der Waals surface area contributed by atoms with Gasteiger partial charge in [0, 0.05) is 5.75 Å². The number of benzene rings is 2. The SMILES string of the molecule is CCOc1ccccc1C(=O)Nc1nnc(SCc2cccc(F)c2)s1. The summed E-state index contributed by atoms with van der Waals surface area (Å²) >= 11 is 2.71. The first-order valence-corrected chi connectivity index (χ1v) is 9.70. The Kier molecular flexibility index (Phi) is 6.19. The van der Waals surface area contributed by atoms with E-state index in [-0.39, 0.29) is 11.7 Å². The van der Waals surface area contributed by atoms with E-state index < -0.39 is 0 Å². The number of carbonyl (C=O) groups excluding carboxylic acids is 1. The Morgan fingerprint density at radius 3 is 2.88 bits per heavy atom. The lowest BCUT2D eigenvalue weighted by atomic mass is 10.2. The van der Waals surface area contributed by atoms with Gasteiger partial charge in [0.25, 0.3) is 5.91 Å². The zero-order valence-corrected chi connectivity index (χ0v) is 15.6.